The van der Waals surface area contributed by atoms with Gasteiger partial charge in [0.05, 0.1) is 22.0 Å². The van der Waals surface area contributed by atoms with Gasteiger partial charge in [-0.1, -0.05) is 32.9 Å². The van der Waals surface area contributed by atoms with E-state index >= 15 is 0 Å². The van der Waals surface area contributed by atoms with Crippen molar-refractivity contribution in [2.45, 2.75) is 86.7 Å². The number of hydrogen-bond acceptors (Lipinski definition) is 4. The number of ether oxygens (including phenoxy) is 1. The molecule has 1 aliphatic rings. The van der Waals surface area contributed by atoms with Crippen LogP contribution in [0.3, 0.4) is 0 Å². The molecule has 2 aromatic rings. The number of aliphatic hydroxyl groups is 1. The zero-order valence-corrected chi connectivity index (χ0v) is 18.4. The Bertz CT molecular complexity index is 883. The summed E-state index contributed by atoms with van der Waals surface area (Å²) >= 11 is 0. The summed E-state index contributed by atoms with van der Waals surface area (Å²) in [6, 6.07) is 13.9. The minimum atomic E-state index is -3.55. The van der Waals surface area contributed by atoms with Gasteiger partial charge in [0.1, 0.15) is 5.75 Å². The van der Waals surface area contributed by atoms with Gasteiger partial charge in [-0.25, -0.2) is 8.42 Å². The highest BCUT2D eigenvalue weighted by molar-refractivity contribution is 7.91. The molecular weight excluding hydrogens is 384 g/mol. The van der Waals surface area contributed by atoms with Crippen LogP contribution < -0.4 is 4.74 Å². The number of benzene rings is 2. The highest BCUT2D eigenvalue weighted by Crippen LogP contribution is 2.28. The summed E-state index contributed by atoms with van der Waals surface area (Å²) < 4.78 is 32.0. The molecule has 0 amide bonds. The lowest BCUT2D eigenvalue weighted by Gasteiger charge is -2.23. The zero-order valence-electron chi connectivity index (χ0n) is 17.6. The van der Waals surface area contributed by atoms with E-state index in [1.165, 1.54) is 0 Å². The SMILES string of the molecule is CC(C)(C)c1ccc(S(=O)(=O)c2ccc(OC3CCCC(O)CCC3)cc2)cc1. The first kappa shape index (κ1) is 21.8. The van der Waals surface area contributed by atoms with Crippen LogP contribution in [0.2, 0.25) is 0 Å². The largest absolute Gasteiger partial charge is 0.490 e. The molecule has 4 nitrogen and oxygen atoms in total. The molecule has 29 heavy (non-hydrogen) atoms. The van der Waals surface area contributed by atoms with Crippen molar-refractivity contribution in [2.75, 3.05) is 0 Å². The van der Waals surface area contributed by atoms with Crippen molar-refractivity contribution in [3.8, 4) is 5.75 Å². The second-order valence-electron chi connectivity index (χ2n) is 9.00. The van der Waals surface area contributed by atoms with E-state index in [4.69, 9.17) is 4.74 Å². The van der Waals surface area contributed by atoms with Gasteiger partial charge in [0.15, 0.2) is 0 Å². The second kappa shape index (κ2) is 8.88. The highest BCUT2D eigenvalue weighted by atomic mass is 32.2. The smallest absolute Gasteiger partial charge is 0.206 e. The Labute approximate surface area is 174 Å². The molecule has 0 saturated heterocycles. The maximum absolute atomic E-state index is 12.9. The molecule has 1 N–H and O–H groups in total. The van der Waals surface area contributed by atoms with Crippen LogP contribution in [0.1, 0.15) is 64.9 Å². The normalized spacial score (nSPS) is 21.2. The molecule has 158 valence electrons. The molecule has 3 rings (SSSR count). The van der Waals surface area contributed by atoms with E-state index in [9.17, 15) is 13.5 Å². The third-order valence-corrected chi connectivity index (χ3v) is 7.38. The molecule has 1 saturated carbocycles. The standard InChI is InChI=1S/C24H32O4S/c1-24(2,3)18-10-14-22(15-11-18)29(26,27)23-16-12-21(13-17-23)28-20-8-4-6-19(25)7-5-9-20/h10-17,19-20,25H,4-9H2,1-3H3. The average molecular weight is 417 g/mol. The molecule has 2 aromatic carbocycles. The van der Waals surface area contributed by atoms with E-state index < -0.39 is 9.84 Å². The predicted octanol–water partition coefficient (Wildman–Crippen LogP) is 5.28. The van der Waals surface area contributed by atoms with Crippen LogP contribution in [0.25, 0.3) is 0 Å². The number of hydrogen-bond donors (Lipinski definition) is 1. The van der Waals surface area contributed by atoms with Gasteiger partial charge in [0, 0.05) is 0 Å². The van der Waals surface area contributed by atoms with Gasteiger partial charge in [0.2, 0.25) is 9.84 Å². The second-order valence-corrected chi connectivity index (χ2v) is 11.0. The number of aliphatic hydroxyl groups excluding tert-OH is 1. The van der Waals surface area contributed by atoms with Crippen LogP contribution in [0.5, 0.6) is 5.75 Å². The Morgan fingerprint density at radius 1 is 0.828 bits per heavy atom. The van der Waals surface area contributed by atoms with E-state index in [0.29, 0.717) is 10.6 Å². The van der Waals surface area contributed by atoms with E-state index in [0.717, 1.165) is 44.1 Å². The van der Waals surface area contributed by atoms with Crippen molar-refractivity contribution >= 4 is 9.84 Å². The maximum Gasteiger partial charge on any atom is 0.206 e. The number of sulfone groups is 1. The Morgan fingerprint density at radius 2 is 1.31 bits per heavy atom. The third kappa shape index (κ3) is 5.61. The predicted molar refractivity (Wildman–Crippen MR) is 115 cm³/mol. The first-order valence-corrected chi connectivity index (χ1v) is 11.9. The van der Waals surface area contributed by atoms with Crippen molar-refractivity contribution in [3.05, 3.63) is 54.1 Å². The van der Waals surface area contributed by atoms with Crippen LogP contribution >= 0.6 is 0 Å². The summed E-state index contributed by atoms with van der Waals surface area (Å²) in [4.78, 5) is 0.576. The van der Waals surface area contributed by atoms with Crippen molar-refractivity contribution in [3.63, 3.8) is 0 Å². The Morgan fingerprint density at radius 3 is 1.79 bits per heavy atom. The molecule has 1 fully saturated rings. The van der Waals surface area contributed by atoms with Crippen molar-refractivity contribution in [1.82, 2.24) is 0 Å². The number of rotatable bonds is 4. The Hall–Kier alpha value is -1.85. The molecule has 1 aliphatic carbocycles. The fourth-order valence-corrected chi connectivity index (χ4v) is 4.99. The lowest BCUT2D eigenvalue weighted by molar-refractivity contribution is 0.106. The van der Waals surface area contributed by atoms with Gasteiger partial charge in [-0.3, -0.25) is 0 Å². The Balaban J connectivity index is 1.70. The zero-order chi connectivity index (χ0) is 21.1. The fraction of sp³-hybridized carbons (Fsp3) is 0.500. The molecule has 0 aliphatic heterocycles. The summed E-state index contributed by atoms with van der Waals surface area (Å²) in [5.74, 6) is 0.693. The van der Waals surface area contributed by atoms with Gasteiger partial charge < -0.3 is 9.84 Å². The van der Waals surface area contributed by atoms with Crippen molar-refractivity contribution < 1.29 is 18.3 Å². The summed E-state index contributed by atoms with van der Waals surface area (Å²) in [5, 5.41) is 9.75. The molecule has 5 heteroatoms. The molecular formula is C24H32O4S. The third-order valence-electron chi connectivity index (χ3n) is 5.59. The molecule has 0 radical (unpaired) electrons. The maximum atomic E-state index is 12.9. The van der Waals surface area contributed by atoms with Gasteiger partial charge in [0.25, 0.3) is 0 Å². The molecule has 0 spiro atoms. The highest BCUT2D eigenvalue weighted by Gasteiger charge is 2.21. The molecule has 0 unspecified atom stereocenters. The van der Waals surface area contributed by atoms with E-state index in [1.807, 2.05) is 12.1 Å². The summed E-state index contributed by atoms with van der Waals surface area (Å²) in [5.41, 5.74) is 1.09. The summed E-state index contributed by atoms with van der Waals surface area (Å²) in [6.45, 7) is 6.31. The molecule has 0 atom stereocenters. The lowest BCUT2D eigenvalue weighted by Crippen LogP contribution is -2.21. The van der Waals surface area contributed by atoms with Crippen LogP contribution in [0.4, 0.5) is 0 Å². The quantitative estimate of drug-likeness (QED) is 0.736. The minimum Gasteiger partial charge on any atom is -0.490 e. The van der Waals surface area contributed by atoms with Gasteiger partial charge in [-0.2, -0.15) is 0 Å². The van der Waals surface area contributed by atoms with E-state index in [2.05, 4.69) is 20.8 Å². The van der Waals surface area contributed by atoms with Gasteiger partial charge >= 0.3 is 0 Å². The fourth-order valence-electron chi connectivity index (χ4n) is 3.73. The average Bonchev–Trinajstić information content (AvgIpc) is 2.66. The van der Waals surface area contributed by atoms with E-state index in [-0.39, 0.29) is 22.5 Å². The van der Waals surface area contributed by atoms with Crippen LogP contribution in [0, 0.1) is 0 Å². The van der Waals surface area contributed by atoms with Gasteiger partial charge in [-0.15, -0.1) is 0 Å². The summed E-state index contributed by atoms with van der Waals surface area (Å²) in [6.07, 6.45) is 5.31. The molecule has 0 aromatic heterocycles. The molecule has 0 heterocycles. The lowest BCUT2D eigenvalue weighted by atomic mass is 9.87. The summed E-state index contributed by atoms with van der Waals surface area (Å²) in [7, 11) is -3.55. The monoisotopic (exact) mass is 416 g/mol. The first-order chi connectivity index (χ1) is 13.7. The van der Waals surface area contributed by atoms with Crippen LogP contribution in [-0.2, 0) is 15.3 Å². The van der Waals surface area contributed by atoms with Gasteiger partial charge in [-0.05, 0) is 85.9 Å². The van der Waals surface area contributed by atoms with Crippen LogP contribution in [-0.4, -0.2) is 25.7 Å². The molecule has 0 bridgehead atoms. The van der Waals surface area contributed by atoms with Crippen molar-refractivity contribution in [1.29, 1.82) is 0 Å². The first-order valence-electron chi connectivity index (χ1n) is 10.5. The van der Waals surface area contributed by atoms with Crippen molar-refractivity contribution in [2.24, 2.45) is 0 Å². The minimum absolute atomic E-state index is 0.0175. The van der Waals surface area contributed by atoms with E-state index in [1.54, 1.807) is 36.4 Å². The Kier molecular flexibility index (Phi) is 6.69. The van der Waals surface area contributed by atoms with Crippen LogP contribution in [0.15, 0.2) is 58.3 Å². The topological polar surface area (TPSA) is 63.6 Å².